The molecule has 0 bridgehead atoms. The molecule has 2 aliphatic rings. The first kappa shape index (κ1) is 35.8. The lowest BCUT2D eigenvalue weighted by Crippen LogP contribution is -2.60. The number of hydrogen-bond donors (Lipinski definition) is 2. The minimum atomic E-state index is -0.722. The average Bonchev–Trinajstić information content (AvgIpc) is 3.37. The topological polar surface area (TPSA) is 102 Å². The van der Waals surface area contributed by atoms with Crippen LogP contribution in [0.4, 0.5) is 0 Å². The minimum absolute atomic E-state index is 0.0198. The zero-order chi connectivity index (χ0) is 32.2. The van der Waals surface area contributed by atoms with Crippen molar-refractivity contribution in [1.29, 1.82) is 0 Å². The first-order valence-corrected chi connectivity index (χ1v) is 15.9. The van der Waals surface area contributed by atoms with E-state index in [2.05, 4.69) is 29.4 Å². The van der Waals surface area contributed by atoms with Crippen molar-refractivity contribution < 1.29 is 19.2 Å². The third-order valence-electron chi connectivity index (χ3n) is 8.46. The predicted octanol–water partition coefficient (Wildman–Crippen LogP) is 4.12. The van der Waals surface area contributed by atoms with Gasteiger partial charge in [-0.1, -0.05) is 47.1 Å². The summed E-state index contributed by atoms with van der Waals surface area (Å²) in [5.41, 5.74) is -0.388. The van der Waals surface area contributed by atoms with E-state index in [0.29, 0.717) is 18.5 Å². The number of carbonyl (C=O) groups is 4. The van der Waals surface area contributed by atoms with E-state index in [9.17, 15) is 19.2 Å². The molecule has 2 aliphatic heterocycles. The van der Waals surface area contributed by atoms with Crippen LogP contribution < -0.4 is 10.6 Å². The van der Waals surface area contributed by atoms with Gasteiger partial charge in [-0.3, -0.25) is 24.1 Å². The Morgan fingerprint density at radius 3 is 1.98 bits per heavy atom. The monoisotopic (exact) mass is 589 g/mol. The third-order valence-corrected chi connectivity index (χ3v) is 8.46. The van der Waals surface area contributed by atoms with Gasteiger partial charge >= 0.3 is 0 Å². The van der Waals surface area contributed by atoms with Gasteiger partial charge in [0, 0.05) is 30.7 Å². The molecule has 42 heavy (non-hydrogen) atoms. The van der Waals surface area contributed by atoms with E-state index in [-0.39, 0.29) is 53.2 Å². The number of hydrogen-bond acceptors (Lipinski definition) is 5. The van der Waals surface area contributed by atoms with Gasteiger partial charge in [-0.15, -0.1) is 0 Å². The lowest BCUT2D eigenvalue weighted by Gasteiger charge is -2.41. The summed E-state index contributed by atoms with van der Waals surface area (Å²) >= 11 is 0. The first-order valence-electron chi connectivity index (χ1n) is 15.9. The van der Waals surface area contributed by atoms with E-state index in [1.807, 2.05) is 61.5 Å². The Hall–Kier alpha value is -2.42. The Morgan fingerprint density at radius 2 is 1.45 bits per heavy atom. The molecule has 0 saturated carbocycles. The van der Waals surface area contributed by atoms with Gasteiger partial charge in [0.25, 0.3) is 0 Å². The molecule has 2 heterocycles. The Morgan fingerprint density at radius 1 is 0.857 bits per heavy atom. The molecule has 2 rings (SSSR count). The third kappa shape index (κ3) is 9.29. The maximum Gasteiger partial charge on any atom is 0.249 e. The molecule has 0 aromatic heterocycles. The summed E-state index contributed by atoms with van der Waals surface area (Å²) in [6, 6.07) is -1.58. The van der Waals surface area contributed by atoms with Crippen LogP contribution in [0.1, 0.15) is 108 Å². The molecular formula is C33H59N5O4. The van der Waals surface area contributed by atoms with Crippen molar-refractivity contribution in [1.82, 2.24) is 25.3 Å². The Bertz CT molecular complexity index is 1010. The van der Waals surface area contributed by atoms with Crippen LogP contribution in [0.15, 0.2) is 11.6 Å². The molecule has 4 amide bonds. The molecular weight excluding hydrogens is 530 g/mol. The number of rotatable bonds is 9. The highest BCUT2D eigenvalue weighted by Crippen LogP contribution is 2.27. The zero-order valence-corrected chi connectivity index (χ0v) is 28.5. The summed E-state index contributed by atoms with van der Waals surface area (Å²) in [5.74, 6) is -0.568. The minimum Gasteiger partial charge on any atom is -0.350 e. The van der Waals surface area contributed by atoms with Gasteiger partial charge in [-0.05, 0) is 85.1 Å². The van der Waals surface area contributed by atoms with Crippen LogP contribution in [0.5, 0.6) is 0 Å². The molecule has 0 aliphatic carbocycles. The van der Waals surface area contributed by atoms with Crippen LogP contribution in [-0.4, -0.2) is 94.2 Å². The Balaban J connectivity index is 2.27. The molecule has 0 aromatic carbocycles. The normalized spacial score (nSPS) is 22.2. The quantitative estimate of drug-likeness (QED) is 0.394. The first-order chi connectivity index (χ1) is 19.3. The fraction of sp³-hybridized carbons (Fsp3) is 0.818. The SMILES string of the molecule is CC(=C[C@H](C(C)C)N(C)C(=O)[C@@H](NC(=O)C1CCCCN1C(C)C)C(C)(C)C)C(=O)N1CCC[C@H]1C(=O)NC(C)(C)C. The number of nitrogens with one attached hydrogen (secondary N) is 2. The number of amides is 4. The van der Waals surface area contributed by atoms with Gasteiger partial charge in [0.1, 0.15) is 12.1 Å². The van der Waals surface area contributed by atoms with Crippen LogP contribution in [-0.2, 0) is 19.2 Å². The molecule has 9 nitrogen and oxygen atoms in total. The van der Waals surface area contributed by atoms with E-state index in [0.717, 1.165) is 32.2 Å². The lowest BCUT2D eigenvalue weighted by molar-refractivity contribution is -0.142. The highest BCUT2D eigenvalue weighted by atomic mass is 16.2. The molecule has 1 unspecified atom stereocenters. The molecule has 240 valence electrons. The van der Waals surface area contributed by atoms with E-state index in [1.54, 1.807) is 23.8 Å². The van der Waals surface area contributed by atoms with Crippen molar-refractivity contribution in [3.05, 3.63) is 11.6 Å². The second-order valence-corrected chi connectivity index (χ2v) is 15.1. The average molecular weight is 590 g/mol. The highest BCUT2D eigenvalue weighted by Gasteiger charge is 2.40. The van der Waals surface area contributed by atoms with Crippen LogP contribution in [0.25, 0.3) is 0 Å². The smallest absolute Gasteiger partial charge is 0.249 e. The predicted molar refractivity (Wildman–Crippen MR) is 169 cm³/mol. The van der Waals surface area contributed by atoms with E-state index in [4.69, 9.17) is 0 Å². The van der Waals surface area contributed by atoms with Crippen LogP contribution in [0.3, 0.4) is 0 Å². The Labute approximate surface area is 255 Å². The standard InChI is InChI=1S/C33H59N5O4/c1-21(2)26(20-23(5)30(41)38-19-15-17-25(38)29(40)35-33(9,10)11)36(12)31(42)27(32(6,7)8)34-28(39)24-16-13-14-18-37(24)22(3)4/h20-22,24-27H,13-19H2,1-12H3,(H,34,39)(H,35,40)/t24?,25-,26+,27+/m0/s1. The maximum atomic E-state index is 14.1. The van der Waals surface area contributed by atoms with Crippen molar-refractivity contribution in [2.75, 3.05) is 20.1 Å². The van der Waals surface area contributed by atoms with Gasteiger partial charge in [0.15, 0.2) is 0 Å². The molecule has 2 N–H and O–H groups in total. The summed E-state index contributed by atoms with van der Waals surface area (Å²) in [4.78, 5) is 59.7. The van der Waals surface area contributed by atoms with Crippen molar-refractivity contribution in [3.63, 3.8) is 0 Å². The van der Waals surface area contributed by atoms with Gasteiger partial charge in [-0.25, -0.2) is 0 Å². The van der Waals surface area contributed by atoms with E-state index in [1.165, 1.54) is 0 Å². The van der Waals surface area contributed by atoms with Gasteiger partial charge in [0.2, 0.25) is 23.6 Å². The van der Waals surface area contributed by atoms with Crippen molar-refractivity contribution in [3.8, 4) is 0 Å². The summed E-state index contributed by atoms with van der Waals surface area (Å²) in [7, 11) is 1.75. The summed E-state index contributed by atoms with van der Waals surface area (Å²) in [6.45, 7) is 23.1. The van der Waals surface area contributed by atoms with Crippen LogP contribution >= 0.6 is 0 Å². The van der Waals surface area contributed by atoms with E-state index >= 15 is 0 Å². The molecule has 4 atom stereocenters. The van der Waals surface area contributed by atoms with Gasteiger partial charge < -0.3 is 20.4 Å². The van der Waals surface area contributed by atoms with Gasteiger partial charge in [0.05, 0.1) is 12.1 Å². The molecule has 2 fully saturated rings. The van der Waals surface area contributed by atoms with Crippen molar-refractivity contribution in [2.24, 2.45) is 11.3 Å². The van der Waals surface area contributed by atoms with Crippen molar-refractivity contribution in [2.45, 2.75) is 144 Å². The molecule has 0 spiro atoms. The van der Waals surface area contributed by atoms with E-state index < -0.39 is 17.5 Å². The number of likely N-dealkylation sites (N-methyl/N-ethyl adjacent to an activating group) is 1. The fourth-order valence-corrected chi connectivity index (χ4v) is 6.13. The number of carbonyl (C=O) groups excluding carboxylic acids is 4. The molecule has 0 radical (unpaired) electrons. The summed E-state index contributed by atoms with van der Waals surface area (Å²) < 4.78 is 0. The fourth-order valence-electron chi connectivity index (χ4n) is 6.13. The van der Waals surface area contributed by atoms with Gasteiger partial charge in [-0.2, -0.15) is 0 Å². The number of piperidine rings is 1. The second kappa shape index (κ2) is 14.4. The van der Waals surface area contributed by atoms with Crippen molar-refractivity contribution >= 4 is 23.6 Å². The summed E-state index contributed by atoms with van der Waals surface area (Å²) in [6.07, 6.45) is 6.12. The number of nitrogens with zero attached hydrogens (tertiary/aromatic N) is 3. The lowest BCUT2D eigenvalue weighted by atomic mass is 9.84. The second-order valence-electron chi connectivity index (χ2n) is 15.1. The molecule has 2 saturated heterocycles. The van der Waals surface area contributed by atoms with Crippen LogP contribution in [0.2, 0.25) is 0 Å². The Kier molecular flexibility index (Phi) is 12.2. The maximum absolute atomic E-state index is 14.1. The largest absolute Gasteiger partial charge is 0.350 e. The zero-order valence-electron chi connectivity index (χ0n) is 28.5. The summed E-state index contributed by atoms with van der Waals surface area (Å²) in [5, 5.41) is 6.14. The van der Waals surface area contributed by atoms with Crippen LogP contribution in [0, 0.1) is 11.3 Å². The number of likely N-dealkylation sites (tertiary alicyclic amines) is 2. The highest BCUT2D eigenvalue weighted by molar-refractivity contribution is 5.97. The molecule has 9 heteroatoms. The molecule has 0 aromatic rings.